The SMILES string of the molecule is C.COC(=O)c1ccc([C@H](C)N)cc1.Nc1c(Nc2cc(CNC(=O)c3cc(C(=O)O)n4c(N)nc(N)c4n3)ccc2F)c(=O)c1=O. The van der Waals surface area contributed by atoms with Crippen LogP contribution in [0.3, 0.4) is 0 Å². The van der Waals surface area contributed by atoms with Gasteiger partial charge in [-0.3, -0.25) is 18.8 Å². The fourth-order valence-corrected chi connectivity index (χ4v) is 4.17. The number of nitrogen functional groups attached to an aromatic ring is 3. The fourth-order valence-electron chi connectivity index (χ4n) is 4.17. The number of carboxylic acid groups (broad SMARTS) is 1. The predicted molar refractivity (Wildman–Crippen MR) is 173 cm³/mol. The van der Waals surface area contributed by atoms with E-state index >= 15 is 0 Å². The van der Waals surface area contributed by atoms with Crippen LogP contribution in [0.4, 0.5) is 33.2 Å². The number of fused-ring (bicyclic) bond motifs is 1. The number of carboxylic acids is 1. The Morgan fingerprint density at radius 3 is 2.26 bits per heavy atom. The first-order valence-corrected chi connectivity index (χ1v) is 13.3. The minimum atomic E-state index is -1.38. The van der Waals surface area contributed by atoms with E-state index in [0.29, 0.717) is 11.1 Å². The summed E-state index contributed by atoms with van der Waals surface area (Å²) in [6, 6.07) is 11.9. The molecule has 0 saturated carbocycles. The molecule has 0 bridgehead atoms. The molecule has 1 atom stereocenters. The maximum atomic E-state index is 14.1. The highest BCUT2D eigenvalue weighted by molar-refractivity contribution is 5.97. The van der Waals surface area contributed by atoms with Gasteiger partial charge in [0, 0.05) is 18.7 Å². The molecular weight excluding hydrogens is 617 g/mol. The number of carbonyl (C=O) groups is 3. The van der Waals surface area contributed by atoms with Gasteiger partial charge in [0.25, 0.3) is 16.8 Å². The molecule has 47 heavy (non-hydrogen) atoms. The number of hydrogen-bond acceptors (Lipinski definition) is 13. The number of amides is 1. The molecular formula is C30H32FN9O7. The lowest BCUT2D eigenvalue weighted by Crippen LogP contribution is -2.36. The van der Waals surface area contributed by atoms with Crippen molar-refractivity contribution in [3.63, 3.8) is 0 Å². The van der Waals surface area contributed by atoms with Crippen molar-refractivity contribution < 1.29 is 28.6 Å². The van der Waals surface area contributed by atoms with Crippen molar-refractivity contribution in [2.75, 3.05) is 29.6 Å². The van der Waals surface area contributed by atoms with Gasteiger partial charge in [-0.1, -0.05) is 25.6 Å². The van der Waals surface area contributed by atoms with Gasteiger partial charge in [-0.05, 0) is 42.3 Å². The standard InChI is InChI=1S/C19H15FN8O5.C10H13NO2.CH4/c20-7-2-1-6(3-8(7)25-12-11(21)13(29)14(12)30)5-24-17(31)9-4-10(18(32)33)28-16(26-9)15(22)27-19(28)23;1-7(11)8-3-5-9(6-4-8)10(12)13-2;/h1-4,25H,5,21-22H2,(H2,23,27)(H,24,31)(H,32,33);3-7H,11H2,1-2H3;1H4/t;7-;/m.0./s1. The first-order chi connectivity index (χ1) is 21.7. The number of hydrogen-bond donors (Lipinski definition) is 7. The Labute approximate surface area is 265 Å². The number of esters is 1. The summed E-state index contributed by atoms with van der Waals surface area (Å²) in [4.78, 5) is 65.8. The second-order valence-electron chi connectivity index (χ2n) is 9.82. The summed E-state index contributed by atoms with van der Waals surface area (Å²) < 4.78 is 19.7. The number of anilines is 5. The molecule has 0 fully saturated rings. The molecule has 0 saturated heterocycles. The largest absolute Gasteiger partial charge is 0.477 e. The second-order valence-corrected chi connectivity index (χ2v) is 9.82. The van der Waals surface area contributed by atoms with Gasteiger partial charge in [0.2, 0.25) is 5.95 Å². The highest BCUT2D eigenvalue weighted by atomic mass is 19.1. The van der Waals surface area contributed by atoms with Crippen LogP contribution in [0.1, 0.15) is 62.9 Å². The maximum absolute atomic E-state index is 14.1. The number of aromatic nitrogens is 3. The predicted octanol–water partition coefficient (Wildman–Crippen LogP) is 1.71. The Hall–Kier alpha value is -6.36. The van der Waals surface area contributed by atoms with E-state index in [0.717, 1.165) is 22.1 Å². The Kier molecular flexibility index (Phi) is 10.6. The zero-order valence-corrected chi connectivity index (χ0v) is 24.3. The molecule has 0 spiro atoms. The molecule has 2 heterocycles. The molecule has 5 aromatic rings. The summed E-state index contributed by atoms with van der Waals surface area (Å²) in [6.45, 7) is 1.79. The lowest BCUT2D eigenvalue weighted by molar-refractivity contribution is 0.0599. The Morgan fingerprint density at radius 2 is 1.68 bits per heavy atom. The fraction of sp³-hybridized carbons (Fsp3) is 0.167. The highest BCUT2D eigenvalue weighted by Crippen LogP contribution is 2.23. The average Bonchev–Trinajstić information content (AvgIpc) is 3.34. The van der Waals surface area contributed by atoms with Crippen molar-refractivity contribution in [2.45, 2.75) is 26.9 Å². The van der Waals surface area contributed by atoms with E-state index in [2.05, 4.69) is 25.3 Å². The van der Waals surface area contributed by atoms with Crippen molar-refractivity contribution in [1.82, 2.24) is 19.7 Å². The Bertz CT molecular complexity index is 2050. The van der Waals surface area contributed by atoms with Crippen molar-refractivity contribution >= 4 is 52.3 Å². The highest BCUT2D eigenvalue weighted by Gasteiger charge is 2.22. The topological polar surface area (TPSA) is 273 Å². The summed E-state index contributed by atoms with van der Waals surface area (Å²) in [6.07, 6.45) is 0. The maximum Gasteiger partial charge on any atom is 0.353 e. The van der Waals surface area contributed by atoms with Crippen molar-refractivity contribution in [1.29, 1.82) is 0 Å². The molecule has 0 radical (unpaired) electrons. The van der Waals surface area contributed by atoms with Crippen molar-refractivity contribution in [2.24, 2.45) is 5.73 Å². The molecule has 1 amide bonds. The van der Waals surface area contributed by atoms with Gasteiger partial charge >= 0.3 is 11.9 Å². The quantitative estimate of drug-likeness (QED) is 0.0931. The van der Waals surface area contributed by atoms with Gasteiger partial charge in [0.05, 0.1) is 18.4 Å². The summed E-state index contributed by atoms with van der Waals surface area (Å²) in [5.74, 6) is -3.53. The molecule has 11 N–H and O–H groups in total. The van der Waals surface area contributed by atoms with Crippen molar-refractivity contribution in [3.8, 4) is 0 Å². The van der Waals surface area contributed by atoms with Crippen LogP contribution in [0.5, 0.6) is 0 Å². The zero-order valence-electron chi connectivity index (χ0n) is 24.3. The number of methoxy groups -OCH3 is 1. The van der Waals surface area contributed by atoms with Crippen LogP contribution < -0.4 is 44.4 Å². The van der Waals surface area contributed by atoms with Crippen LogP contribution >= 0.6 is 0 Å². The number of aromatic carboxylic acids is 1. The number of nitrogens with one attached hydrogen (secondary N) is 2. The monoisotopic (exact) mass is 649 g/mol. The second kappa shape index (κ2) is 14.2. The van der Waals surface area contributed by atoms with Gasteiger partial charge in [-0.15, -0.1) is 0 Å². The Balaban J connectivity index is 0.000000362. The van der Waals surface area contributed by atoms with Gasteiger partial charge in [0.15, 0.2) is 11.5 Å². The third kappa shape index (κ3) is 7.31. The minimum Gasteiger partial charge on any atom is -0.477 e. The number of nitrogens with zero attached hydrogens (tertiary/aromatic N) is 3. The van der Waals surface area contributed by atoms with E-state index in [9.17, 15) is 33.5 Å². The van der Waals surface area contributed by atoms with E-state index in [1.165, 1.54) is 19.2 Å². The summed E-state index contributed by atoms with van der Waals surface area (Å²) in [5, 5.41) is 14.4. The van der Waals surface area contributed by atoms with Gasteiger partial charge in [-0.2, -0.15) is 4.98 Å². The lowest BCUT2D eigenvalue weighted by atomic mass is 10.1. The molecule has 0 unspecified atom stereocenters. The molecule has 5 rings (SSSR count). The van der Waals surface area contributed by atoms with Gasteiger partial charge in [0.1, 0.15) is 28.6 Å². The third-order valence-corrected chi connectivity index (χ3v) is 6.65. The van der Waals surface area contributed by atoms with Crippen LogP contribution in [-0.4, -0.2) is 44.4 Å². The normalized spacial score (nSPS) is 11.1. The average molecular weight is 650 g/mol. The number of halogens is 1. The summed E-state index contributed by atoms with van der Waals surface area (Å²) in [7, 11) is 1.36. The van der Waals surface area contributed by atoms with E-state index in [-0.39, 0.29) is 71.8 Å². The first-order valence-electron chi connectivity index (χ1n) is 13.3. The Morgan fingerprint density at radius 1 is 1.02 bits per heavy atom. The molecule has 0 aliphatic heterocycles. The number of nitrogens with two attached hydrogens (primary N) is 4. The molecule has 2 aromatic heterocycles. The van der Waals surface area contributed by atoms with E-state index in [4.69, 9.17) is 22.9 Å². The van der Waals surface area contributed by atoms with E-state index in [1.807, 2.05) is 19.1 Å². The molecule has 16 nitrogen and oxygen atoms in total. The third-order valence-electron chi connectivity index (χ3n) is 6.65. The number of rotatable bonds is 8. The number of ether oxygens (including phenoxy) is 1. The van der Waals surface area contributed by atoms with Crippen LogP contribution in [0.25, 0.3) is 5.65 Å². The van der Waals surface area contributed by atoms with E-state index < -0.39 is 28.6 Å². The van der Waals surface area contributed by atoms with E-state index in [1.54, 1.807) is 12.1 Å². The lowest BCUT2D eigenvalue weighted by Gasteiger charge is -2.13. The molecule has 0 aliphatic carbocycles. The van der Waals surface area contributed by atoms with Crippen molar-refractivity contribution in [3.05, 3.63) is 103 Å². The summed E-state index contributed by atoms with van der Waals surface area (Å²) >= 11 is 0. The van der Waals surface area contributed by atoms with Crippen LogP contribution in [0.15, 0.2) is 58.1 Å². The van der Waals surface area contributed by atoms with Gasteiger partial charge in [-0.25, -0.2) is 19.0 Å². The number of benzene rings is 2. The van der Waals surface area contributed by atoms with Crippen LogP contribution in [0.2, 0.25) is 0 Å². The van der Waals surface area contributed by atoms with Crippen LogP contribution in [-0.2, 0) is 11.3 Å². The molecule has 246 valence electrons. The smallest absolute Gasteiger partial charge is 0.353 e. The minimum absolute atomic E-state index is 0. The van der Waals surface area contributed by atoms with Crippen LogP contribution in [0, 0.1) is 5.82 Å². The zero-order chi connectivity index (χ0) is 33.9. The molecule has 0 aliphatic rings. The first kappa shape index (κ1) is 35.1. The van der Waals surface area contributed by atoms with Gasteiger partial charge < -0.3 is 43.4 Å². The number of imidazole rings is 1. The summed E-state index contributed by atoms with van der Waals surface area (Å²) in [5.41, 5.74) is 21.3. The molecule has 17 heteroatoms. The number of carbonyl (C=O) groups excluding carboxylic acids is 2. The molecule has 3 aromatic carbocycles.